The van der Waals surface area contributed by atoms with Crippen LogP contribution in [-0.4, -0.2) is 59.6 Å². The molecule has 33 heavy (non-hydrogen) atoms. The minimum Gasteiger partial charge on any atom is -0.369 e. The van der Waals surface area contributed by atoms with Crippen LogP contribution in [0.25, 0.3) is 0 Å². The Balaban J connectivity index is 1.33. The van der Waals surface area contributed by atoms with E-state index in [9.17, 15) is 9.59 Å². The van der Waals surface area contributed by atoms with E-state index in [0.717, 1.165) is 43.0 Å². The standard InChI is InChI=1S/C26H27N5O2/c32-24-26(22-9-5-2-6-10-22,19-21-7-3-1-4-8-21)28-25(33)31(24)20-29-15-17-30(18-16-29)23-11-13-27-14-12-23/h1-14H,15-20H2,(H,28,33)/t26-/m1/s1. The van der Waals surface area contributed by atoms with E-state index in [1.807, 2.05) is 72.8 Å². The molecule has 7 nitrogen and oxygen atoms in total. The molecule has 0 spiro atoms. The highest BCUT2D eigenvalue weighted by molar-refractivity contribution is 6.07. The normalized spacial score (nSPS) is 21.3. The maximum absolute atomic E-state index is 13.8. The third-order valence-electron chi connectivity index (χ3n) is 6.50. The summed E-state index contributed by atoms with van der Waals surface area (Å²) in [4.78, 5) is 36.8. The number of hydrogen-bond acceptors (Lipinski definition) is 5. The van der Waals surface area contributed by atoms with Gasteiger partial charge < -0.3 is 10.2 Å². The van der Waals surface area contributed by atoms with E-state index >= 15 is 0 Å². The van der Waals surface area contributed by atoms with Gasteiger partial charge in [-0.1, -0.05) is 60.7 Å². The molecule has 0 unspecified atom stereocenters. The Labute approximate surface area is 193 Å². The molecule has 1 aromatic heterocycles. The van der Waals surface area contributed by atoms with E-state index < -0.39 is 5.54 Å². The van der Waals surface area contributed by atoms with Crippen molar-refractivity contribution in [3.63, 3.8) is 0 Å². The van der Waals surface area contributed by atoms with E-state index in [1.165, 1.54) is 4.90 Å². The van der Waals surface area contributed by atoms with Crippen molar-refractivity contribution in [1.29, 1.82) is 0 Å². The summed E-state index contributed by atoms with van der Waals surface area (Å²) in [5, 5.41) is 3.05. The average Bonchev–Trinajstić information content (AvgIpc) is 3.11. The number of amides is 3. The topological polar surface area (TPSA) is 68.8 Å². The van der Waals surface area contributed by atoms with Gasteiger partial charge in [-0.3, -0.25) is 14.7 Å². The van der Waals surface area contributed by atoms with Crippen molar-refractivity contribution in [3.8, 4) is 0 Å². The average molecular weight is 442 g/mol. The van der Waals surface area contributed by atoms with E-state index in [4.69, 9.17) is 0 Å². The van der Waals surface area contributed by atoms with Gasteiger partial charge in [0.05, 0.1) is 6.67 Å². The van der Waals surface area contributed by atoms with Crippen LogP contribution in [0.1, 0.15) is 11.1 Å². The lowest BCUT2D eigenvalue weighted by Crippen LogP contribution is -2.52. The molecule has 1 atom stereocenters. The van der Waals surface area contributed by atoms with Gasteiger partial charge in [-0.2, -0.15) is 0 Å². The van der Waals surface area contributed by atoms with Gasteiger partial charge >= 0.3 is 6.03 Å². The zero-order valence-corrected chi connectivity index (χ0v) is 18.4. The largest absolute Gasteiger partial charge is 0.369 e. The number of nitrogens with one attached hydrogen (secondary N) is 1. The highest BCUT2D eigenvalue weighted by Gasteiger charge is 2.52. The Morgan fingerprint density at radius 2 is 1.45 bits per heavy atom. The summed E-state index contributed by atoms with van der Waals surface area (Å²) >= 11 is 0. The molecule has 0 saturated carbocycles. The molecule has 3 aromatic rings. The van der Waals surface area contributed by atoms with Crippen molar-refractivity contribution in [3.05, 3.63) is 96.3 Å². The zero-order valence-electron chi connectivity index (χ0n) is 18.4. The van der Waals surface area contributed by atoms with Crippen LogP contribution < -0.4 is 10.2 Å². The first-order valence-electron chi connectivity index (χ1n) is 11.3. The third kappa shape index (κ3) is 4.19. The fourth-order valence-corrected chi connectivity index (χ4v) is 4.70. The molecule has 3 heterocycles. The molecule has 2 aliphatic heterocycles. The Morgan fingerprint density at radius 1 is 0.818 bits per heavy atom. The first-order chi connectivity index (χ1) is 16.2. The Kier molecular flexibility index (Phi) is 5.79. The second kappa shape index (κ2) is 9.03. The Hall–Kier alpha value is -3.71. The number of hydrogen-bond donors (Lipinski definition) is 1. The molecular formula is C26H27N5O2. The highest BCUT2D eigenvalue weighted by atomic mass is 16.2. The Bertz CT molecular complexity index is 1100. The lowest BCUT2D eigenvalue weighted by atomic mass is 9.83. The number of anilines is 1. The molecule has 2 aliphatic rings. The summed E-state index contributed by atoms with van der Waals surface area (Å²) in [6, 6.07) is 23.1. The molecular weight excluding hydrogens is 414 g/mol. The molecule has 168 valence electrons. The molecule has 0 radical (unpaired) electrons. The van der Waals surface area contributed by atoms with Crippen molar-refractivity contribution in [2.75, 3.05) is 37.7 Å². The summed E-state index contributed by atoms with van der Waals surface area (Å²) in [5.41, 5.74) is 1.85. The van der Waals surface area contributed by atoms with Gasteiger partial charge in [0.2, 0.25) is 0 Å². The minimum absolute atomic E-state index is 0.195. The molecule has 3 amide bonds. The van der Waals surface area contributed by atoms with Gasteiger partial charge in [-0.15, -0.1) is 0 Å². The number of pyridine rings is 1. The van der Waals surface area contributed by atoms with Gasteiger partial charge in [0.25, 0.3) is 5.91 Å². The van der Waals surface area contributed by atoms with Gasteiger partial charge in [0.1, 0.15) is 0 Å². The first kappa shape index (κ1) is 21.2. The van der Waals surface area contributed by atoms with Crippen molar-refractivity contribution >= 4 is 17.6 Å². The van der Waals surface area contributed by atoms with Crippen LogP contribution in [0, 0.1) is 0 Å². The van der Waals surface area contributed by atoms with E-state index in [0.29, 0.717) is 6.42 Å². The summed E-state index contributed by atoms with van der Waals surface area (Å²) in [5.74, 6) is -0.195. The molecule has 2 saturated heterocycles. The van der Waals surface area contributed by atoms with Crippen molar-refractivity contribution in [1.82, 2.24) is 20.1 Å². The minimum atomic E-state index is -1.10. The maximum atomic E-state index is 13.8. The second-order valence-corrected chi connectivity index (χ2v) is 8.55. The van der Waals surface area contributed by atoms with Crippen LogP contribution in [0.5, 0.6) is 0 Å². The van der Waals surface area contributed by atoms with Crippen molar-refractivity contribution in [2.45, 2.75) is 12.0 Å². The lowest BCUT2D eigenvalue weighted by Gasteiger charge is -2.37. The number of nitrogens with zero attached hydrogens (tertiary/aromatic N) is 4. The number of urea groups is 1. The van der Waals surface area contributed by atoms with Crippen LogP contribution in [0.3, 0.4) is 0 Å². The van der Waals surface area contributed by atoms with Gasteiger partial charge in [-0.05, 0) is 23.3 Å². The van der Waals surface area contributed by atoms with Crippen LogP contribution in [-0.2, 0) is 16.8 Å². The number of carbonyl (C=O) groups excluding carboxylic acids is 2. The van der Waals surface area contributed by atoms with Crippen LogP contribution in [0.2, 0.25) is 0 Å². The number of piperazine rings is 1. The fourth-order valence-electron chi connectivity index (χ4n) is 4.70. The smallest absolute Gasteiger partial charge is 0.326 e. The summed E-state index contributed by atoms with van der Waals surface area (Å²) in [6.45, 7) is 3.51. The summed E-state index contributed by atoms with van der Waals surface area (Å²) in [7, 11) is 0. The van der Waals surface area contributed by atoms with Crippen LogP contribution in [0.4, 0.5) is 10.5 Å². The van der Waals surface area contributed by atoms with Crippen LogP contribution >= 0.6 is 0 Å². The molecule has 2 aromatic carbocycles. The highest BCUT2D eigenvalue weighted by Crippen LogP contribution is 2.33. The fraction of sp³-hybridized carbons (Fsp3) is 0.269. The predicted molar refractivity (Wildman–Crippen MR) is 127 cm³/mol. The molecule has 2 fully saturated rings. The molecule has 5 rings (SSSR count). The number of benzene rings is 2. The molecule has 1 N–H and O–H groups in total. The first-order valence-corrected chi connectivity index (χ1v) is 11.3. The molecule has 0 aliphatic carbocycles. The van der Waals surface area contributed by atoms with E-state index in [-0.39, 0.29) is 18.6 Å². The number of rotatable bonds is 6. The SMILES string of the molecule is O=C1N[C@](Cc2ccccc2)(c2ccccc2)C(=O)N1CN1CCN(c2ccncc2)CC1. The van der Waals surface area contributed by atoms with Gasteiger partial charge in [0, 0.05) is 50.7 Å². The van der Waals surface area contributed by atoms with E-state index in [2.05, 4.69) is 20.1 Å². The van der Waals surface area contributed by atoms with Crippen molar-refractivity contribution < 1.29 is 9.59 Å². The van der Waals surface area contributed by atoms with Crippen molar-refractivity contribution in [2.24, 2.45) is 0 Å². The lowest BCUT2D eigenvalue weighted by molar-refractivity contribution is -0.133. The number of aromatic nitrogens is 1. The quantitative estimate of drug-likeness (QED) is 0.596. The monoisotopic (exact) mass is 441 g/mol. The Morgan fingerprint density at radius 3 is 2.12 bits per heavy atom. The second-order valence-electron chi connectivity index (χ2n) is 8.55. The van der Waals surface area contributed by atoms with E-state index in [1.54, 1.807) is 12.4 Å². The zero-order chi connectivity index (χ0) is 22.7. The predicted octanol–water partition coefficient (Wildman–Crippen LogP) is 2.85. The maximum Gasteiger partial charge on any atom is 0.326 e. The summed E-state index contributed by atoms with van der Waals surface area (Å²) in [6.07, 6.45) is 4.00. The molecule has 0 bridgehead atoms. The van der Waals surface area contributed by atoms with Gasteiger partial charge in [0.15, 0.2) is 5.54 Å². The third-order valence-corrected chi connectivity index (χ3v) is 6.50. The van der Waals surface area contributed by atoms with Crippen LogP contribution in [0.15, 0.2) is 85.2 Å². The van der Waals surface area contributed by atoms with Gasteiger partial charge in [-0.25, -0.2) is 9.69 Å². The molecule has 7 heteroatoms. The number of carbonyl (C=O) groups is 2. The number of imide groups is 1. The summed E-state index contributed by atoms with van der Waals surface area (Å²) < 4.78 is 0.